The van der Waals surface area contributed by atoms with E-state index in [2.05, 4.69) is 10.6 Å². The minimum absolute atomic E-state index is 0.248. The van der Waals surface area contributed by atoms with Gasteiger partial charge < -0.3 is 34.7 Å². The number of carboxylic acid groups (broad SMARTS) is 1. The van der Waals surface area contributed by atoms with Crippen LogP contribution >= 0.6 is 0 Å². The Labute approximate surface area is 181 Å². The lowest BCUT2D eigenvalue weighted by molar-refractivity contribution is -0.141. The number of carbonyl (C=O) groups excluding carboxylic acids is 1. The van der Waals surface area contributed by atoms with E-state index in [1.54, 1.807) is 38.5 Å². The Bertz CT molecular complexity index is 901. The third kappa shape index (κ3) is 6.78. The fourth-order valence-corrected chi connectivity index (χ4v) is 2.97. The molecule has 0 aliphatic rings. The van der Waals surface area contributed by atoms with E-state index in [0.717, 1.165) is 5.56 Å². The Hall–Kier alpha value is -3.46. The van der Waals surface area contributed by atoms with E-state index in [1.807, 2.05) is 12.1 Å². The molecule has 0 heterocycles. The number of methoxy groups -OCH3 is 4. The number of rotatable bonds is 12. The van der Waals surface area contributed by atoms with Crippen molar-refractivity contribution in [1.29, 1.82) is 0 Å². The SMILES string of the molecule is COc1ccc(OC)c(NC(=O)C[C@H](NCCc2ccc(OC)c(OC)c2)C(=O)O)c1. The summed E-state index contributed by atoms with van der Waals surface area (Å²) in [5.74, 6) is 0.632. The molecule has 168 valence electrons. The zero-order valence-corrected chi connectivity index (χ0v) is 18.1. The van der Waals surface area contributed by atoms with E-state index < -0.39 is 17.9 Å². The van der Waals surface area contributed by atoms with Crippen molar-refractivity contribution in [2.45, 2.75) is 18.9 Å². The van der Waals surface area contributed by atoms with E-state index >= 15 is 0 Å². The molecule has 31 heavy (non-hydrogen) atoms. The lowest BCUT2D eigenvalue weighted by Gasteiger charge is -2.16. The average Bonchev–Trinajstić information content (AvgIpc) is 2.77. The average molecular weight is 432 g/mol. The standard InChI is InChI=1S/C22H28N2O7/c1-28-15-6-8-18(29-2)16(12-15)24-21(25)13-17(22(26)27)23-10-9-14-5-7-19(30-3)20(11-14)31-4/h5-8,11-12,17,23H,9-10,13H2,1-4H3,(H,24,25)(H,26,27)/t17-/m0/s1. The predicted molar refractivity (Wildman–Crippen MR) is 115 cm³/mol. The van der Waals surface area contributed by atoms with Gasteiger partial charge in [0.2, 0.25) is 5.91 Å². The number of anilines is 1. The Morgan fingerprint density at radius 1 is 0.903 bits per heavy atom. The van der Waals surface area contributed by atoms with Crippen molar-refractivity contribution < 1.29 is 33.6 Å². The molecule has 2 rings (SSSR count). The van der Waals surface area contributed by atoms with E-state index in [-0.39, 0.29) is 6.42 Å². The van der Waals surface area contributed by atoms with Gasteiger partial charge >= 0.3 is 5.97 Å². The summed E-state index contributed by atoms with van der Waals surface area (Å²) in [5, 5.41) is 15.1. The molecule has 2 aromatic carbocycles. The molecule has 3 N–H and O–H groups in total. The summed E-state index contributed by atoms with van der Waals surface area (Å²) in [6.45, 7) is 0.363. The van der Waals surface area contributed by atoms with Crippen molar-refractivity contribution in [2.24, 2.45) is 0 Å². The first-order chi connectivity index (χ1) is 14.9. The second-order valence-electron chi connectivity index (χ2n) is 6.60. The van der Waals surface area contributed by atoms with Gasteiger partial charge in [0.05, 0.1) is 40.5 Å². The molecule has 0 radical (unpaired) electrons. The summed E-state index contributed by atoms with van der Waals surface area (Å²) in [4.78, 5) is 24.1. The first-order valence-corrected chi connectivity index (χ1v) is 9.60. The van der Waals surface area contributed by atoms with Crippen LogP contribution in [0.5, 0.6) is 23.0 Å². The predicted octanol–water partition coefficient (Wildman–Crippen LogP) is 2.34. The molecule has 2 aromatic rings. The molecule has 0 aliphatic heterocycles. The smallest absolute Gasteiger partial charge is 0.321 e. The summed E-state index contributed by atoms with van der Waals surface area (Å²) < 4.78 is 20.9. The number of hydrogen-bond acceptors (Lipinski definition) is 7. The normalized spacial score (nSPS) is 11.4. The van der Waals surface area contributed by atoms with Crippen LogP contribution in [-0.2, 0) is 16.0 Å². The van der Waals surface area contributed by atoms with Gasteiger partial charge in [-0.25, -0.2) is 0 Å². The van der Waals surface area contributed by atoms with E-state index in [9.17, 15) is 14.7 Å². The highest BCUT2D eigenvalue weighted by atomic mass is 16.5. The van der Waals surface area contributed by atoms with Crippen LogP contribution in [0.4, 0.5) is 5.69 Å². The summed E-state index contributed by atoms with van der Waals surface area (Å²) in [5.41, 5.74) is 1.35. The first kappa shape index (κ1) is 23.8. The van der Waals surface area contributed by atoms with Crippen LogP contribution < -0.4 is 29.6 Å². The van der Waals surface area contributed by atoms with Gasteiger partial charge in [-0.1, -0.05) is 6.07 Å². The Kier molecular flexibility index (Phi) is 8.95. The van der Waals surface area contributed by atoms with Crippen LogP contribution in [0.2, 0.25) is 0 Å². The third-order valence-corrected chi connectivity index (χ3v) is 4.62. The van der Waals surface area contributed by atoms with Gasteiger partial charge in [0.25, 0.3) is 0 Å². The number of amides is 1. The van der Waals surface area contributed by atoms with E-state index in [1.165, 1.54) is 14.2 Å². The maximum atomic E-state index is 12.4. The van der Waals surface area contributed by atoms with Gasteiger partial charge in [-0.05, 0) is 42.8 Å². The fraction of sp³-hybridized carbons (Fsp3) is 0.364. The molecule has 1 amide bonds. The fourth-order valence-electron chi connectivity index (χ4n) is 2.97. The molecule has 0 aliphatic carbocycles. The van der Waals surface area contributed by atoms with Crippen molar-refractivity contribution in [2.75, 3.05) is 40.3 Å². The molecule has 0 saturated heterocycles. The number of hydrogen-bond donors (Lipinski definition) is 3. The van der Waals surface area contributed by atoms with Crippen LogP contribution in [-0.4, -0.2) is 58.0 Å². The van der Waals surface area contributed by atoms with Gasteiger partial charge in [-0.15, -0.1) is 0 Å². The van der Waals surface area contributed by atoms with E-state index in [0.29, 0.717) is 41.7 Å². The number of carbonyl (C=O) groups is 2. The van der Waals surface area contributed by atoms with Crippen LogP contribution in [0, 0.1) is 0 Å². The van der Waals surface area contributed by atoms with Crippen molar-refractivity contribution in [3.8, 4) is 23.0 Å². The van der Waals surface area contributed by atoms with Crippen LogP contribution in [0.3, 0.4) is 0 Å². The van der Waals surface area contributed by atoms with Gasteiger partial charge in [-0.2, -0.15) is 0 Å². The number of benzene rings is 2. The molecule has 0 spiro atoms. The van der Waals surface area contributed by atoms with Gasteiger partial charge in [0.1, 0.15) is 17.5 Å². The Balaban J connectivity index is 1.96. The van der Waals surface area contributed by atoms with E-state index in [4.69, 9.17) is 18.9 Å². The lowest BCUT2D eigenvalue weighted by Crippen LogP contribution is -2.40. The quantitative estimate of drug-likeness (QED) is 0.468. The van der Waals surface area contributed by atoms with Gasteiger partial charge in [0, 0.05) is 6.07 Å². The topological polar surface area (TPSA) is 115 Å². The second kappa shape index (κ2) is 11.7. The molecule has 0 aromatic heterocycles. The monoisotopic (exact) mass is 432 g/mol. The summed E-state index contributed by atoms with van der Waals surface area (Å²) in [6, 6.07) is 9.42. The lowest BCUT2D eigenvalue weighted by atomic mass is 10.1. The third-order valence-electron chi connectivity index (χ3n) is 4.62. The summed E-state index contributed by atoms with van der Waals surface area (Å²) in [6.07, 6.45) is 0.303. The Morgan fingerprint density at radius 2 is 1.58 bits per heavy atom. The highest BCUT2D eigenvalue weighted by molar-refractivity contribution is 5.95. The second-order valence-corrected chi connectivity index (χ2v) is 6.60. The molecule has 9 heteroatoms. The molecular formula is C22H28N2O7. The maximum absolute atomic E-state index is 12.4. The number of nitrogens with one attached hydrogen (secondary N) is 2. The van der Waals surface area contributed by atoms with Gasteiger partial charge in [0.15, 0.2) is 11.5 Å². The summed E-state index contributed by atoms with van der Waals surface area (Å²) in [7, 11) is 6.10. The van der Waals surface area contributed by atoms with Crippen molar-refractivity contribution >= 4 is 17.6 Å². The maximum Gasteiger partial charge on any atom is 0.321 e. The van der Waals surface area contributed by atoms with Gasteiger partial charge in [-0.3, -0.25) is 9.59 Å². The molecule has 0 fully saturated rings. The Morgan fingerprint density at radius 3 is 2.19 bits per heavy atom. The number of aliphatic carboxylic acids is 1. The highest BCUT2D eigenvalue weighted by Crippen LogP contribution is 2.29. The van der Waals surface area contributed by atoms with Crippen LogP contribution in [0.25, 0.3) is 0 Å². The zero-order valence-electron chi connectivity index (χ0n) is 18.1. The molecule has 0 saturated carbocycles. The van der Waals surface area contributed by atoms with Crippen molar-refractivity contribution in [3.05, 3.63) is 42.0 Å². The summed E-state index contributed by atoms with van der Waals surface area (Å²) >= 11 is 0. The van der Waals surface area contributed by atoms with Crippen LogP contribution in [0.15, 0.2) is 36.4 Å². The molecular weight excluding hydrogens is 404 g/mol. The molecule has 1 atom stereocenters. The minimum atomic E-state index is -1.11. The highest BCUT2D eigenvalue weighted by Gasteiger charge is 2.21. The molecule has 0 unspecified atom stereocenters. The number of carboxylic acids is 1. The molecule has 0 bridgehead atoms. The number of ether oxygens (including phenoxy) is 4. The first-order valence-electron chi connectivity index (χ1n) is 9.60. The molecule has 9 nitrogen and oxygen atoms in total. The van der Waals surface area contributed by atoms with Crippen LogP contribution in [0.1, 0.15) is 12.0 Å². The largest absolute Gasteiger partial charge is 0.497 e. The minimum Gasteiger partial charge on any atom is -0.497 e. The van der Waals surface area contributed by atoms with Crippen molar-refractivity contribution in [3.63, 3.8) is 0 Å². The zero-order chi connectivity index (χ0) is 22.8. The van der Waals surface area contributed by atoms with Crippen molar-refractivity contribution in [1.82, 2.24) is 5.32 Å².